The molecule has 0 amide bonds. The SMILES string of the molecule is COc1ccc(C2=CN(S(=O)(=O)c3ccc(C)cc3)[C@@H]3CC[C@H]2C3)cc1. The van der Waals surface area contributed by atoms with Crippen LogP contribution in [0.5, 0.6) is 5.75 Å². The Bertz CT molecular complexity index is 930. The summed E-state index contributed by atoms with van der Waals surface area (Å²) in [5.74, 6) is 1.23. The van der Waals surface area contributed by atoms with Crippen LogP contribution in [-0.4, -0.2) is 25.9 Å². The van der Waals surface area contributed by atoms with Gasteiger partial charge in [-0.15, -0.1) is 0 Å². The van der Waals surface area contributed by atoms with Crippen LogP contribution < -0.4 is 4.74 Å². The fraction of sp³-hybridized carbons (Fsp3) is 0.333. The lowest BCUT2D eigenvalue weighted by molar-refractivity contribution is 0.387. The maximum atomic E-state index is 13.2. The van der Waals surface area contributed by atoms with Gasteiger partial charge in [0, 0.05) is 12.2 Å². The normalized spacial score (nSPS) is 22.2. The van der Waals surface area contributed by atoms with Gasteiger partial charge in [0.15, 0.2) is 0 Å². The minimum atomic E-state index is -3.53. The maximum Gasteiger partial charge on any atom is 0.264 e. The number of benzene rings is 2. The van der Waals surface area contributed by atoms with Crippen molar-refractivity contribution in [3.05, 3.63) is 65.9 Å². The van der Waals surface area contributed by atoms with Crippen LogP contribution in [0.25, 0.3) is 5.57 Å². The highest BCUT2D eigenvalue weighted by molar-refractivity contribution is 7.89. The standard InChI is InChI=1S/C21H23NO3S/c1-15-3-11-20(12-4-15)26(23,24)22-14-21(17-5-8-18(22)13-17)16-6-9-19(25-2)10-7-16/h3-4,6-7,9-12,14,17-18H,5,8,13H2,1-2H3/t17-,18+/m0/s1. The topological polar surface area (TPSA) is 46.6 Å². The molecule has 2 aromatic rings. The molecule has 136 valence electrons. The predicted molar refractivity (Wildman–Crippen MR) is 102 cm³/mol. The van der Waals surface area contributed by atoms with Crippen molar-refractivity contribution < 1.29 is 13.2 Å². The summed E-state index contributed by atoms with van der Waals surface area (Å²) in [6, 6.07) is 15.0. The molecule has 4 rings (SSSR count). The van der Waals surface area contributed by atoms with Gasteiger partial charge in [0.25, 0.3) is 10.0 Å². The van der Waals surface area contributed by atoms with Gasteiger partial charge in [-0.1, -0.05) is 29.8 Å². The van der Waals surface area contributed by atoms with Crippen LogP contribution in [0.1, 0.15) is 30.4 Å². The average molecular weight is 369 g/mol. The van der Waals surface area contributed by atoms with E-state index >= 15 is 0 Å². The number of allylic oxidation sites excluding steroid dienone is 1. The Hall–Kier alpha value is -2.27. The van der Waals surface area contributed by atoms with Crippen molar-refractivity contribution in [1.82, 2.24) is 4.31 Å². The van der Waals surface area contributed by atoms with Gasteiger partial charge >= 0.3 is 0 Å². The molecule has 0 radical (unpaired) electrons. The number of fused-ring (bicyclic) bond motifs is 2. The van der Waals surface area contributed by atoms with E-state index in [9.17, 15) is 8.42 Å². The zero-order valence-corrected chi connectivity index (χ0v) is 15.9. The first kappa shape index (κ1) is 17.2. The van der Waals surface area contributed by atoms with E-state index in [1.165, 1.54) is 0 Å². The zero-order valence-electron chi connectivity index (χ0n) is 15.1. The maximum absolute atomic E-state index is 13.2. The van der Waals surface area contributed by atoms with Gasteiger partial charge in [-0.25, -0.2) is 8.42 Å². The lowest BCUT2D eigenvalue weighted by Gasteiger charge is -2.32. The van der Waals surface area contributed by atoms with E-state index < -0.39 is 10.0 Å². The molecule has 5 heteroatoms. The Kier molecular flexibility index (Phi) is 4.27. The highest BCUT2D eigenvalue weighted by Crippen LogP contribution is 2.45. The molecule has 1 fully saturated rings. The molecular weight excluding hydrogens is 346 g/mol. The Morgan fingerprint density at radius 3 is 2.35 bits per heavy atom. The second kappa shape index (κ2) is 6.47. The highest BCUT2D eigenvalue weighted by Gasteiger charge is 2.40. The molecule has 1 aliphatic carbocycles. The van der Waals surface area contributed by atoms with Gasteiger partial charge in [0.05, 0.1) is 12.0 Å². The molecular formula is C21H23NO3S. The third-order valence-electron chi connectivity index (χ3n) is 5.49. The van der Waals surface area contributed by atoms with Crippen LogP contribution >= 0.6 is 0 Å². The molecule has 0 spiro atoms. The van der Waals surface area contributed by atoms with Gasteiger partial charge in [0.2, 0.25) is 0 Å². The van der Waals surface area contributed by atoms with Crippen LogP contribution in [0, 0.1) is 12.8 Å². The molecule has 2 aromatic carbocycles. The third-order valence-corrected chi connectivity index (χ3v) is 7.32. The molecule has 2 aliphatic rings. The molecule has 0 N–H and O–H groups in total. The fourth-order valence-electron chi connectivity index (χ4n) is 4.01. The van der Waals surface area contributed by atoms with Crippen molar-refractivity contribution in [3.63, 3.8) is 0 Å². The lowest BCUT2D eigenvalue weighted by atomic mass is 9.90. The summed E-state index contributed by atoms with van der Waals surface area (Å²) in [4.78, 5) is 0.360. The number of aryl methyl sites for hydroxylation is 1. The van der Waals surface area contributed by atoms with E-state index in [0.717, 1.165) is 41.7 Å². The van der Waals surface area contributed by atoms with Crippen molar-refractivity contribution in [2.45, 2.75) is 37.1 Å². The van der Waals surface area contributed by atoms with Crippen LogP contribution in [0.3, 0.4) is 0 Å². The first-order valence-corrected chi connectivity index (χ1v) is 10.4. The summed E-state index contributed by atoms with van der Waals surface area (Å²) in [5, 5.41) is 0. The summed E-state index contributed by atoms with van der Waals surface area (Å²) in [6.45, 7) is 1.96. The second-order valence-electron chi connectivity index (χ2n) is 7.12. The summed E-state index contributed by atoms with van der Waals surface area (Å²) >= 11 is 0. The minimum absolute atomic E-state index is 0.0632. The number of ether oxygens (including phenoxy) is 1. The number of nitrogens with zero attached hydrogens (tertiary/aromatic N) is 1. The van der Waals surface area contributed by atoms with E-state index in [-0.39, 0.29) is 6.04 Å². The number of rotatable bonds is 4. The predicted octanol–water partition coefficient (Wildman–Crippen LogP) is 4.22. The molecule has 4 nitrogen and oxygen atoms in total. The van der Waals surface area contributed by atoms with Gasteiger partial charge in [-0.3, -0.25) is 4.31 Å². The quantitative estimate of drug-likeness (QED) is 0.811. The Morgan fingerprint density at radius 1 is 1.00 bits per heavy atom. The lowest BCUT2D eigenvalue weighted by Crippen LogP contribution is -2.37. The molecule has 26 heavy (non-hydrogen) atoms. The molecule has 2 atom stereocenters. The van der Waals surface area contributed by atoms with Crippen molar-refractivity contribution in [2.75, 3.05) is 7.11 Å². The molecule has 0 saturated heterocycles. The molecule has 0 unspecified atom stereocenters. The molecule has 1 saturated carbocycles. The van der Waals surface area contributed by atoms with Crippen LogP contribution in [0.4, 0.5) is 0 Å². The summed E-state index contributed by atoms with van der Waals surface area (Å²) in [5.41, 5.74) is 3.23. The monoisotopic (exact) mass is 369 g/mol. The Morgan fingerprint density at radius 2 is 1.69 bits per heavy atom. The second-order valence-corrected chi connectivity index (χ2v) is 8.97. The Labute approximate surface area is 155 Å². The minimum Gasteiger partial charge on any atom is -0.497 e. The molecule has 2 bridgehead atoms. The first-order valence-electron chi connectivity index (χ1n) is 8.95. The van der Waals surface area contributed by atoms with E-state index in [2.05, 4.69) is 0 Å². The van der Waals surface area contributed by atoms with Crippen LogP contribution in [0.15, 0.2) is 59.6 Å². The Balaban J connectivity index is 1.74. The number of methoxy groups -OCH3 is 1. The largest absolute Gasteiger partial charge is 0.497 e. The van der Waals surface area contributed by atoms with Gasteiger partial charge in [-0.05, 0) is 67.5 Å². The average Bonchev–Trinajstić information content (AvgIpc) is 3.05. The summed E-state index contributed by atoms with van der Waals surface area (Å²) in [6.07, 6.45) is 4.69. The molecule has 0 aromatic heterocycles. The van der Waals surface area contributed by atoms with Crippen molar-refractivity contribution in [1.29, 1.82) is 0 Å². The molecule has 1 aliphatic heterocycles. The van der Waals surface area contributed by atoms with Crippen LogP contribution in [-0.2, 0) is 10.0 Å². The van der Waals surface area contributed by atoms with Crippen molar-refractivity contribution >= 4 is 15.6 Å². The van der Waals surface area contributed by atoms with Crippen LogP contribution in [0.2, 0.25) is 0 Å². The van der Waals surface area contributed by atoms with Crippen molar-refractivity contribution in [2.24, 2.45) is 5.92 Å². The molecule has 1 heterocycles. The highest BCUT2D eigenvalue weighted by atomic mass is 32.2. The third kappa shape index (κ3) is 2.90. The van der Waals surface area contributed by atoms with E-state index in [0.29, 0.717) is 10.8 Å². The van der Waals surface area contributed by atoms with Crippen molar-refractivity contribution in [3.8, 4) is 5.75 Å². The summed E-state index contributed by atoms with van der Waals surface area (Å²) < 4.78 is 33.3. The van der Waals surface area contributed by atoms with Gasteiger partial charge in [-0.2, -0.15) is 0 Å². The number of hydrogen-bond acceptors (Lipinski definition) is 3. The van der Waals surface area contributed by atoms with Gasteiger partial charge in [0.1, 0.15) is 5.75 Å². The van der Waals surface area contributed by atoms with E-state index in [1.807, 2.05) is 49.5 Å². The zero-order chi connectivity index (χ0) is 18.3. The number of sulfonamides is 1. The summed E-state index contributed by atoms with van der Waals surface area (Å²) in [7, 11) is -1.89. The smallest absolute Gasteiger partial charge is 0.264 e. The van der Waals surface area contributed by atoms with E-state index in [1.54, 1.807) is 23.5 Å². The van der Waals surface area contributed by atoms with E-state index in [4.69, 9.17) is 4.74 Å². The fourth-order valence-corrected chi connectivity index (χ4v) is 5.57. The first-order chi connectivity index (χ1) is 12.5. The number of hydrogen-bond donors (Lipinski definition) is 0. The van der Waals surface area contributed by atoms with Gasteiger partial charge < -0.3 is 4.74 Å².